The first-order chi connectivity index (χ1) is 15.7. The van der Waals surface area contributed by atoms with Crippen LogP contribution >= 0.6 is 0 Å². The maximum absolute atomic E-state index is 13.4. The molecule has 3 heterocycles. The first-order valence-electron chi connectivity index (χ1n) is 10.7. The predicted molar refractivity (Wildman–Crippen MR) is 118 cm³/mol. The van der Waals surface area contributed by atoms with Crippen molar-refractivity contribution in [1.82, 2.24) is 25.1 Å². The van der Waals surface area contributed by atoms with Gasteiger partial charge in [-0.3, -0.25) is 9.78 Å². The van der Waals surface area contributed by atoms with Gasteiger partial charge in [0.25, 0.3) is 5.89 Å². The molecular formula is C24H23N5O3. The van der Waals surface area contributed by atoms with Gasteiger partial charge in [0.1, 0.15) is 17.5 Å². The third-order valence-corrected chi connectivity index (χ3v) is 5.87. The first kappa shape index (κ1) is 20.1. The smallest absolute Gasteiger partial charge is 0.267 e. The summed E-state index contributed by atoms with van der Waals surface area (Å²) in [7, 11) is 1.66. The normalized spacial score (nSPS) is 16.3. The Morgan fingerprint density at radius 2 is 2.00 bits per heavy atom. The van der Waals surface area contributed by atoms with E-state index in [0.717, 1.165) is 41.3 Å². The van der Waals surface area contributed by atoms with Gasteiger partial charge in [-0.1, -0.05) is 30.3 Å². The lowest BCUT2D eigenvalue weighted by Gasteiger charge is -2.33. The Labute approximate surface area is 185 Å². The molecule has 0 bridgehead atoms. The van der Waals surface area contributed by atoms with Gasteiger partial charge in [0.05, 0.1) is 19.7 Å². The van der Waals surface area contributed by atoms with Crippen LogP contribution in [0.1, 0.15) is 36.8 Å². The van der Waals surface area contributed by atoms with Crippen LogP contribution in [0.15, 0.2) is 59.4 Å². The number of carbonyl (C=O) groups is 1. The number of benzene rings is 2. The van der Waals surface area contributed by atoms with Crippen molar-refractivity contribution in [3.63, 3.8) is 0 Å². The number of likely N-dealkylation sites (tertiary alicyclic amines) is 1. The van der Waals surface area contributed by atoms with Crippen molar-refractivity contribution in [2.75, 3.05) is 13.7 Å². The fourth-order valence-corrected chi connectivity index (χ4v) is 4.30. The van der Waals surface area contributed by atoms with E-state index in [4.69, 9.17) is 9.15 Å². The van der Waals surface area contributed by atoms with Crippen molar-refractivity contribution >= 4 is 16.7 Å². The molecule has 5 rings (SSSR count). The van der Waals surface area contributed by atoms with Crippen molar-refractivity contribution < 1.29 is 13.9 Å². The second-order valence-corrected chi connectivity index (χ2v) is 7.78. The van der Waals surface area contributed by atoms with Gasteiger partial charge in [-0.15, -0.1) is 10.2 Å². The summed E-state index contributed by atoms with van der Waals surface area (Å²) in [6.07, 6.45) is 7.79. The molecule has 32 heavy (non-hydrogen) atoms. The fraction of sp³-hybridized carbons (Fsp3) is 0.292. The Morgan fingerprint density at radius 1 is 1.12 bits per heavy atom. The van der Waals surface area contributed by atoms with Crippen LogP contribution in [0.25, 0.3) is 22.4 Å². The van der Waals surface area contributed by atoms with Crippen molar-refractivity contribution in [2.45, 2.75) is 31.7 Å². The molecule has 1 aliphatic heterocycles. The SMILES string of the molecule is COc1ccc(CC(=O)N2CCCC[C@@H]2c2nnc(-c3cnccn3)o2)c2ccccc12. The number of nitrogens with zero attached hydrogens (tertiary/aromatic N) is 5. The molecule has 1 fully saturated rings. The minimum atomic E-state index is -0.237. The molecule has 1 saturated heterocycles. The summed E-state index contributed by atoms with van der Waals surface area (Å²) in [5.41, 5.74) is 1.49. The maximum atomic E-state index is 13.4. The molecule has 2 aromatic heterocycles. The van der Waals surface area contributed by atoms with E-state index in [0.29, 0.717) is 30.4 Å². The summed E-state index contributed by atoms with van der Waals surface area (Å²) in [5, 5.41) is 10.4. The molecule has 0 spiro atoms. The average Bonchev–Trinajstić information content (AvgIpc) is 3.35. The molecule has 1 aliphatic rings. The number of ether oxygens (including phenoxy) is 1. The van der Waals surface area contributed by atoms with E-state index >= 15 is 0 Å². The maximum Gasteiger partial charge on any atom is 0.267 e. The monoisotopic (exact) mass is 429 g/mol. The topological polar surface area (TPSA) is 94.2 Å². The lowest BCUT2D eigenvalue weighted by Crippen LogP contribution is -2.39. The van der Waals surface area contributed by atoms with Crippen LogP contribution in [0.4, 0.5) is 0 Å². The summed E-state index contributed by atoms with van der Waals surface area (Å²) >= 11 is 0. The number of hydrogen-bond acceptors (Lipinski definition) is 7. The zero-order valence-corrected chi connectivity index (χ0v) is 17.8. The molecule has 0 saturated carbocycles. The molecule has 0 N–H and O–H groups in total. The highest BCUT2D eigenvalue weighted by Crippen LogP contribution is 2.33. The Kier molecular flexibility index (Phi) is 5.49. The summed E-state index contributed by atoms with van der Waals surface area (Å²) in [4.78, 5) is 23.5. The van der Waals surface area contributed by atoms with Crippen molar-refractivity contribution in [2.24, 2.45) is 0 Å². The second-order valence-electron chi connectivity index (χ2n) is 7.78. The summed E-state index contributed by atoms with van der Waals surface area (Å²) in [6.45, 7) is 0.667. The summed E-state index contributed by atoms with van der Waals surface area (Å²) < 4.78 is 11.4. The third kappa shape index (κ3) is 3.79. The Balaban J connectivity index is 1.41. The molecular weight excluding hydrogens is 406 g/mol. The van der Waals surface area contributed by atoms with E-state index in [1.165, 1.54) is 0 Å². The molecule has 1 amide bonds. The molecule has 162 valence electrons. The van der Waals surface area contributed by atoms with Crippen molar-refractivity contribution in [1.29, 1.82) is 0 Å². The highest BCUT2D eigenvalue weighted by atomic mass is 16.5. The van der Waals surface area contributed by atoms with E-state index in [2.05, 4.69) is 20.2 Å². The van der Waals surface area contributed by atoms with Crippen molar-refractivity contribution in [3.8, 4) is 17.3 Å². The van der Waals surface area contributed by atoms with Crippen LogP contribution in [0, 0.1) is 0 Å². The first-order valence-corrected chi connectivity index (χ1v) is 10.7. The third-order valence-electron chi connectivity index (χ3n) is 5.87. The highest BCUT2D eigenvalue weighted by Gasteiger charge is 2.32. The molecule has 1 atom stereocenters. The zero-order valence-electron chi connectivity index (χ0n) is 17.8. The molecule has 8 nitrogen and oxygen atoms in total. The molecule has 4 aromatic rings. The van der Waals surface area contributed by atoms with Crippen LogP contribution in [-0.4, -0.2) is 44.6 Å². The van der Waals surface area contributed by atoms with Crippen LogP contribution in [0.5, 0.6) is 5.75 Å². The number of methoxy groups -OCH3 is 1. The van der Waals surface area contributed by atoms with Gasteiger partial charge < -0.3 is 14.1 Å². The van der Waals surface area contributed by atoms with E-state index in [1.54, 1.807) is 25.7 Å². The van der Waals surface area contributed by atoms with Gasteiger partial charge in [-0.05, 0) is 36.3 Å². The number of fused-ring (bicyclic) bond motifs is 1. The lowest BCUT2D eigenvalue weighted by molar-refractivity contribution is -0.134. The number of aromatic nitrogens is 4. The minimum Gasteiger partial charge on any atom is -0.496 e. The number of amides is 1. The van der Waals surface area contributed by atoms with E-state index < -0.39 is 0 Å². The van der Waals surface area contributed by atoms with Gasteiger partial charge in [0.2, 0.25) is 11.8 Å². The molecule has 0 aliphatic carbocycles. The highest BCUT2D eigenvalue weighted by molar-refractivity contribution is 5.94. The fourth-order valence-electron chi connectivity index (χ4n) is 4.30. The molecule has 0 radical (unpaired) electrons. The van der Waals surface area contributed by atoms with Gasteiger partial charge in [-0.25, -0.2) is 4.98 Å². The summed E-state index contributed by atoms with van der Waals surface area (Å²) in [5.74, 6) is 1.60. The number of rotatable bonds is 5. The van der Waals surface area contributed by atoms with E-state index in [9.17, 15) is 4.79 Å². The lowest BCUT2D eigenvalue weighted by atomic mass is 9.98. The largest absolute Gasteiger partial charge is 0.496 e. The molecule has 8 heteroatoms. The number of carbonyl (C=O) groups excluding carboxylic acids is 1. The predicted octanol–water partition coefficient (Wildman–Crippen LogP) is 3.98. The molecule has 2 aromatic carbocycles. The summed E-state index contributed by atoms with van der Waals surface area (Å²) in [6, 6.07) is 11.6. The number of hydrogen-bond donors (Lipinski definition) is 0. The minimum absolute atomic E-state index is 0.0456. The van der Waals surface area contributed by atoms with Crippen LogP contribution in [0.3, 0.4) is 0 Å². The second kappa shape index (κ2) is 8.74. The Bertz CT molecular complexity index is 1240. The van der Waals surface area contributed by atoms with E-state index in [-0.39, 0.29) is 11.9 Å². The van der Waals surface area contributed by atoms with Crippen LogP contribution in [0.2, 0.25) is 0 Å². The van der Waals surface area contributed by atoms with E-state index in [1.807, 2.05) is 41.3 Å². The van der Waals surface area contributed by atoms with Crippen LogP contribution in [-0.2, 0) is 11.2 Å². The quantitative estimate of drug-likeness (QED) is 0.473. The van der Waals surface area contributed by atoms with Gasteiger partial charge >= 0.3 is 0 Å². The van der Waals surface area contributed by atoms with Crippen molar-refractivity contribution in [3.05, 3.63) is 66.4 Å². The average molecular weight is 429 g/mol. The van der Waals surface area contributed by atoms with Gasteiger partial charge in [-0.2, -0.15) is 0 Å². The number of piperidine rings is 1. The Hall–Kier alpha value is -3.81. The van der Waals surface area contributed by atoms with Gasteiger partial charge in [0.15, 0.2) is 0 Å². The Morgan fingerprint density at radius 3 is 2.81 bits per heavy atom. The molecule has 0 unspecified atom stereocenters. The van der Waals surface area contributed by atoms with Gasteiger partial charge in [0, 0.05) is 24.3 Å². The zero-order chi connectivity index (χ0) is 21.9. The standard InChI is InChI=1S/C24H23N5O3/c1-31-21-10-9-16(17-6-2-3-7-18(17)21)14-22(30)29-13-5-4-8-20(29)24-28-27-23(32-24)19-15-25-11-12-26-19/h2-3,6-7,9-12,15,20H,4-5,8,13-14H2,1H3/t20-/m1/s1. The van der Waals surface area contributed by atoms with Crippen LogP contribution < -0.4 is 4.74 Å².